The fourth-order valence-corrected chi connectivity index (χ4v) is 1.65. The summed E-state index contributed by atoms with van der Waals surface area (Å²) in [5.41, 5.74) is 6.57. The van der Waals surface area contributed by atoms with Gasteiger partial charge in [0, 0.05) is 6.54 Å². The Kier molecular flexibility index (Phi) is 6.38. The maximum atomic E-state index is 5.51. The number of anilines is 2. The Balaban J connectivity index is 2.01. The van der Waals surface area contributed by atoms with E-state index in [4.69, 9.17) is 5.73 Å². The molecule has 0 aliphatic heterocycles. The first kappa shape index (κ1) is 12.8. The van der Waals surface area contributed by atoms with E-state index in [0.717, 1.165) is 12.2 Å². The first-order valence-electron chi connectivity index (χ1n) is 6.28. The topological polar surface area (TPSA) is 50.9 Å². The molecule has 0 amide bonds. The Morgan fingerprint density at radius 1 is 1.12 bits per heavy atom. The monoisotopic (exact) mass is 221 g/mol. The van der Waals surface area contributed by atoms with Crippen molar-refractivity contribution < 1.29 is 0 Å². The summed E-state index contributed by atoms with van der Waals surface area (Å²) in [6.45, 7) is 3.27. The molecule has 90 valence electrons. The van der Waals surface area contributed by atoms with Crippen molar-refractivity contribution in [2.24, 2.45) is 0 Å². The number of hydrogen-bond acceptors (Lipinski definition) is 3. The number of nitrogens with zero attached hydrogens (tertiary/aromatic N) is 1. The van der Waals surface area contributed by atoms with Gasteiger partial charge in [0.05, 0.1) is 11.9 Å². The van der Waals surface area contributed by atoms with Gasteiger partial charge in [-0.3, -0.25) is 0 Å². The lowest BCUT2D eigenvalue weighted by Gasteiger charge is -2.05. The van der Waals surface area contributed by atoms with Crippen molar-refractivity contribution >= 4 is 11.5 Å². The molecule has 3 nitrogen and oxygen atoms in total. The highest BCUT2D eigenvalue weighted by Gasteiger charge is 1.93. The zero-order chi connectivity index (χ0) is 11.6. The lowest BCUT2D eigenvalue weighted by atomic mass is 10.1. The summed E-state index contributed by atoms with van der Waals surface area (Å²) in [6.07, 6.45) is 9.75. The highest BCUT2D eigenvalue weighted by molar-refractivity contribution is 5.45. The van der Waals surface area contributed by atoms with Gasteiger partial charge in [0.25, 0.3) is 0 Å². The molecule has 1 heterocycles. The van der Waals surface area contributed by atoms with E-state index in [-0.39, 0.29) is 0 Å². The van der Waals surface area contributed by atoms with Crippen molar-refractivity contribution in [3.05, 3.63) is 18.3 Å². The number of hydrogen-bond donors (Lipinski definition) is 2. The first-order chi connectivity index (χ1) is 7.83. The van der Waals surface area contributed by atoms with Crippen LogP contribution >= 0.6 is 0 Å². The second kappa shape index (κ2) is 7.97. The van der Waals surface area contributed by atoms with Gasteiger partial charge in [-0.15, -0.1) is 0 Å². The van der Waals surface area contributed by atoms with Gasteiger partial charge in [0.1, 0.15) is 5.82 Å². The second-order valence-electron chi connectivity index (χ2n) is 4.17. The van der Waals surface area contributed by atoms with Crippen LogP contribution in [0.4, 0.5) is 11.5 Å². The molecule has 0 atom stereocenters. The van der Waals surface area contributed by atoms with Crippen LogP contribution in [0.25, 0.3) is 0 Å². The number of nitrogen functional groups attached to an aromatic ring is 1. The van der Waals surface area contributed by atoms with Gasteiger partial charge < -0.3 is 11.1 Å². The van der Waals surface area contributed by atoms with Crippen LogP contribution in [0.5, 0.6) is 0 Å². The SMILES string of the molecule is CCCCCCCCNc1ccc(N)nc1. The predicted molar refractivity (Wildman–Crippen MR) is 70.5 cm³/mol. The van der Waals surface area contributed by atoms with E-state index in [0.29, 0.717) is 5.82 Å². The van der Waals surface area contributed by atoms with Crippen LogP contribution in [0.2, 0.25) is 0 Å². The summed E-state index contributed by atoms with van der Waals surface area (Å²) in [7, 11) is 0. The Bertz CT molecular complexity index is 269. The molecule has 16 heavy (non-hydrogen) atoms. The summed E-state index contributed by atoms with van der Waals surface area (Å²) in [5, 5.41) is 3.34. The van der Waals surface area contributed by atoms with Gasteiger partial charge in [-0.05, 0) is 18.6 Å². The fraction of sp³-hybridized carbons (Fsp3) is 0.615. The largest absolute Gasteiger partial charge is 0.384 e. The number of nitrogens with one attached hydrogen (secondary N) is 1. The predicted octanol–water partition coefficient (Wildman–Crippen LogP) is 3.44. The van der Waals surface area contributed by atoms with Crippen LogP contribution in [0.1, 0.15) is 45.4 Å². The normalized spacial score (nSPS) is 10.3. The molecule has 1 aromatic rings. The third-order valence-corrected chi connectivity index (χ3v) is 2.65. The van der Waals surface area contributed by atoms with E-state index in [1.165, 1.54) is 38.5 Å². The molecular weight excluding hydrogens is 198 g/mol. The van der Waals surface area contributed by atoms with Crippen LogP contribution in [0, 0.1) is 0 Å². The van der Waals surface area contributed by atoms with Gasteiger partial charge in [-0.2, -0.15) is 0 Å². The molecule has 0 aromatic carbocycles. The van der Waals surface area contributed by atoms with Crippen molar-refractivity contribution in [3.63, 3.8) is 0 Å². The van der Waals surface area contributed by atoms with E-state index < -0.39 is 0 Å². The molecule has 0 fully saturated rings. The van der Waals surface area contributed by atoms with Crippen molar-refractivity contribution in [2.75, 3.05) is 17.6 Å². The Morgan fingerprint density at radius 3 is 2.56 bits per heavy atom. The first-order valence-corrected chi connectivity index (χ1v) is 6.28. The standard InChI is InChI=1S/C13H23N3/c1-2-3-4-5-6-7-10-15-12-8-9-13(14)16-11-12/h8-9,11,15H,2-7,10H2,1H3,(H2,14,16). The van der Waals surface area contributed by atoms with Crippen LogP contribution < -0.4 is 11.1 Å². The van der Waals surface area contributed by atoms with Crippen LogP contribution in [-0.2, 0) is 0 Å². The number of nitrogens with two attached hydrogens (primary N) is 1. The number of unbranched alkanes of at least 4 members (excludes halogenated alkanes) is 5. The van der Waals surface area contributed by atoms with Crippen LogP contribution in [-0.4, -0.2) is 11.5 Å². The molecule has 0 radical (unpaired) electrons. The molecule has 0 bridgehead atoms. The number of rotatable bonds is 8. The molecular formula is C13H23N3. The minimum Gasteiger partial charge on any atom is -0.384 e. The Hall–Kier alpha value is -1.25. The van der Waals surface area contributed by atoms with E-state index in [1.54, 1.807) is 6.20 Å². The van der Waals surface area contributed by atoms with Crippen LogP contribution in [0.3, 0.4) is 0 Å². The molecule has 1 aromatic heterocycles. The van der Waals surface area contributed by atoms with E-state index >= 15 is 0 Å². The van der Waals surface area contributed by atoms with Gasteiger partial charge >= 0.3 is 0 Å². The molecule has 3 heteroatoms. The highest BCUT2D eigenvalue weighted by Crippen LogP contribution is 2.08. The molecule has 0 unspecified atom stereocenters. The fourth-order valence-electron chi connectivity index (χ4n) is 1.65. The average molecular weight is 221 g/mol. The van der Waals surface area contributed by atoms with Crippen molar-refractivity contribution in [1.29, 1.82) is 0 Å². The van der Waals surface area contributed by atoms with E-state index in [1.807, 2.05) is 12.1 Å². The molecule has 0 aliphatic rings. The summed E-state index contributed by atoms with van der Waals surface area (Å²) in [5.74, 6) is 0.574. The summed E-state index contributed by atoms with van der Waals surface area (Å²) < 4.78 is 0. The van der Waals surface area contributed by atoms with Crippen molar-refractivity contribution in [2.45, 2.75) is 45.4 Å². The van der Waals surface area contributed by atoms with Crippen molar-refractivity contribution in [3.8, 4) is 0 Å². The van der Waals surface area contributed by atoms with Gasteiger partial charge in [0.15, 0.2) is 0 Å². The third kappa shape index (κ3) is 5.59. The zero-order valence-electron chi connectivity index (χ0n) is 10.2. The molecule has 0 saturated carbocycles. The van der Waals surface area contributed by atoms with E-state index in [2.05, 4.69) is 17.2 Å². The zero-order valence-corrected chi connectivity index (χ0v) is 10.2. The summed E-state index contributed by atoms with van der Waals surface area (Å²) >= 11 is 0. The summed E-state index contributed by atoms with van der Waals surface area (Å²) in [6, 6.07) is 3.79. The minimum atomic E-state index is 0.574. The van der Waals surface area contributed by atoms with Crippen LogP contribution in [0.15, 0.2) is 18.3 Å². The molecule has 0 saturated heterocycles. The van der Waals surface area contributed by atoms with E-state index in [9.17, 15) is 0 Å². The molecule has 3 N–H and O–H groups in total. The van der Waals surface area contributed by atoms with Gasteiger partial charge in [-0.25, -0.2) is 4.98 Å². The lowest BCUT2D eigenvalue weighted by Crippen LogP contribution is -2.02. The second-order valence-corrected chi connectivity index (χ2v) is 4.17. The van der Waals surface area contributed by atoms with Gasteiger partial charge in [-0.1, -0.05) is 39.0 Å². The maximum absolute atomic E-state index is 5.51. The quantitative estimate of drug-likeness (QED) is 0.661. The van der Waals surface area contributed by atoms with Crippen molar-refractivity contribution in [1.82, 2.24) is 4.98 Å². The molecule has 1 rings (SSSR count). The number of pyridine rings is 1. The average Bonchev–Trinajstić information content (AvgIpc) is 2.30. The Labute approximate surface area is 98.5 Å². The minimum absolute atomic E-state index is 0.574. The lowest BCUT2D eigenvalue weighted by molar-refractivity contribution is 0.617. The number of aromatic nitrogens is 1. The maximum Gasteiger partial charge on any atom is 0.123 e. The summed E-state index contributed by atoms with van der Waals surface area (Å²) in [4.78, 5) is 4.03. The van der Waals surface area contributed by atoms with Gasteiger partial charge in [0.2, 0.25) is 0 Å². The Morgan fingerprint density at radius 2 is 1.88 bits per heavy atom. The smallest absolute Gasteiger partial charge is 0.123 e. The molecule has 0 spiro atoms. The highest BCUT2D eigenvalue weighted by atomic mass is 14.9. The molecule has 0 aliphatic carbocycles. The third-order valence-electron chi connectivity index (χ3n) is 2.65.